The third-order valence-electron chi connectivity index (χ3n) is 6.60. The van der Waals surface area contributed by atoms with Crippen LogP contribution in [0.1, 0.15) is 54.4 Å². The van der Waals surface area contributed by atoms with E-state index >= 15 is 0 Å². The highest BCUT2D eigenvalue weighted by Gasteiger charge is 2.39. The molecule has 3 aliphatic rings. The van der Waals surface area contributed by atoms with Crippen molar-refractivity contribution in [3.63, 3.8) is 0 Å². The summed E-state index contributed by atoms with van der Waals surface area (Å²) in [6.45, 7) is 2.68. The van der Waals surface area contributed by atoms with Gasteiger partial charge in [0.05, 0.1) is 6.10 Å². The molecule has 8 heteroatoms. The third-order valence-corrected chi connectivity index (χ3v) is 6.60. The Morgan fingerprint density at radius 3 is 2.68 bits per heavy atom. The zero-order valence-corrected chi connectivity index (χ0v) is 18.0. The van der Waals surface area contributed by atoms with Gasteiger partial charge in [-0.3, -0.25) is 19.7 Å². The molecule has 31 heavy (non-hydrogen) atoms. The van der Waals surface area contributed by atoms with Crippen molar-refractivity contribution < 1.29 is 23.9 Å². The van der Waals surface area contributed by atoms with E-state index in [0.29, 0.717) is 37.2 Å². The van der Waals surface area contributed by atoms with Crippen molar-refractivity contribution in [1.82, 2.24) is 15.5 Å². The second kappa shape index (κ2) is 9.78. The predicted molar refractivity (Wildman–Crippen MR) is 114 cm³/mol. The molecule has 0 bridgehead atoms. The molecule has 2 aliphatic heterocycles. The van der Waals surface area contributed by atoms with Crippen LogP contribution in [0.15, 0.2) is 18.2 Å². The minimum atomic E-state index is -0.592. The minimum absolute atomic E-state index is 0.166. The van der Waals surface area contributed by atoms with Gasteiger partial charge in [-0.25, -0.2) is 0 Å². The van der Waals surface area contributed by atoms with E-state index in [1.165, 1.54) is 12.8 Å². The van der Waals surface area contributed by atoms with Crippen LogP contribution in [0.4, 0.5) is 0 Å². The van der Waals surface area contributed by atoms with Crippen LogP contribution in [0.25, 0.3) is 0 Å². The average Bonchev–Trinajstić information content (AvgIpc) is 3.09. The highest BCUT2D eigenvalue weighted by Crippen LogP contribution is 2.30. The summed E-state index contributed by atoms with van der Waals surface area (Å²) in [5, 5.41) is 5.80. The molecule has 1 aromatic carbocycles. The van der Waals surface area contributed by atoms with Crippen molar-refractivity contribution in [2.75, 3.05) is 26.8 Å². The summed E-state index contributed by atoms with van der Waals surface area (Å²) in [7, 11) is 1.79. The molecule has 1 aromatic rings. The molecule has 1 aliphatic carbocycles. The number of carbonyl (C=O) groups excluding carboxylic acids is 3. The van der Waals surface area contributed by atoms with E-state index in [-0.39, 0.29) is 18.2 Å². The molecule has 4 rings (SSSR count). The number of hydrogen-bond donors (Lipinski definition) is 2. The Morgan fingerprint density at radius 2 is 1.94 bits per heavy atom. The van der Waals surface area contributed by atoms with E-state index in [4.69, 9.17) is 9.47 Å². The van der Waals surface area contributed by atoms with Gasteiger partial charge in [0.1, 0.15) is 18.4 Å². The lowest BCUT2D eigenvalue weighted by Crippen LogP contribution is -2.52. The molecule has 0 aromatic heterocycles. The van der Waals surface area contributed by atoms with Crippen LogP contribution in [0.2, 0.25) is 0 Å². The lowest BCUT2D eigenvalue weighted by molar-refractivity contribution is -0.136. The topological polar surface area (TPSA) is 97.0 Å². The quantitative estimate of drug-likeness (QED) is 0.482. The first kappa shape index (κ1) is 21.8. The molecular weight excluding hydrogens is 398 g/mol. The van der Waals surface area contributed by atoms with Gasteiger partial charge in [-0.2, -0.15) is 0 Å². The molecule has 168 valence electrons. The first-order valence-electron chi connectivity index (χ1n) is 11.2. The van der Waals surface area contributed by atoms with Crippen LogP contribution in [-0.2, 0) is 20.9 Å². The summed E-state index contributed by atoms with van der Waals surface area (Å²) < 4.78 is 11.3. The van der Waals surface area contributed by atoms with Gasteiger partial charge in [-0.15, -0.1) is 0 Å². The van der Waals surface area contributed by atoms with Crippen LogP contribution in [0, 0.1) is 5.92 Å². The molecular formula is C23H31N3O5. The highest BCUT2D eigenvalue weighted by atomic mass is 16.5. The molecule has 2 heterocycles. The summed E-state index contributed by atoms with van der Waals surface area (Å²) >= 11 is 0. The fourth-order valence-electron chi connectivity index (χ4n) is 4.76. The summed E-state index contributed by atoms with van der Waals surface area (Å²) in [5.41, 5.74) is 1.46. The van der Waals surface area contributed by atoms with Crippen molar-refractivity contribution in [2.45, 2.75) is 57.2 Å². The standard InChI is InChI=1S/C23H31N3O5/c1-30-17-4-2-15(3-5-17)13-24-10-11-31-18-6-7-19-16(12-18)14-26(23(19)29)20-8-9-21(27)25-22(20)28/h6-7,12,15,17,20,24H,2-5,8-11,13-14H2,1H3,(H,25,27,28). The van der Waals surface area contributed by atoms with Gasteiger partial charge in [0.2, 0.25) is 11.8 Å². The number of hydrogen-bond acceptors (Lipinski definition) is 6. The summed E-state index contributed by atoms with van der Waals surface area (Å²) in [6, 6.07) is 4.85. The normalized spacial score (nSPS) is 26.0. The number of fused-ring (bicyclic) bond motifs is 1. The van der Waals surface area contributed by atoms with E-state index in [9.17, 15) is 14.4 Å². The third kappa shape index (κ3) is 5.07. The van der Waals surface area contributed by atoms with Crippen LogP contribution in [-0.4, -0.2) is 61.6 Å². The predicted octanol–water partition coefficient (Wildman–Crippen LogP) is 1.62. The SMILES string of the molecule is COC1CCC(CNCCOc2ccc3c(c2)CN(C2CCC(=O)NC2=O)C3=O)CC1. The Balaban J connectivity index is 1.22. The first-order valence-corrected chi connectivity index (χ1v) is 11.2. The maximum atomic E-state index is 12.7. The van der Waals surface area contributed by atoms with Gasteiger partial charge < -0.3 is 19.7 Å². The number of carbonyl (C=O) groups is 3. The zero-order chi connectivity index (χ0) is 21.8. The molecule has 0 spiro atoms. The molecule has 3 amide bonds. The Bertz CT molecular complexity index is 835. The van der Waals surface area contributed by atoms with Crippen molar-refractivity contribution in [3.05, 3.63) is 29.3 Å². The van der Waals surface area contributed by atoms with Gasteiger partial charge in [0, 0.05) is 32.2 Å². The zero-order valence-electron chi connectivity index (χ0n) is 18.0. The number of nitrogens with one attached hydrogen (secondary N) is 2. The van der Waals surface area contributed by atoms with Crippen LogP contribution in [0.5, 0.6) is 5.75 Å². The Labute approximate surface area is 182 Å². The van der Waals surface area contributed by atoms with E-state index < -0.39 is 11.9 Å². The molecule has 1 saturated carbocycles. The highest BCUT2D eigenvalue weighted by molar-refractivity contribution is 6.05. The molecule has 2 fully saturated rings. The fourth-order valence-corrected chi connectivity index (χ4v) is 4.76. The van der Waals surface area contributed by atoms with Gasteiger partial charge in [-0.1, -0.05) is 0 Å². The molecule has 0 radical (unpaired) electrons. The number of piperidine rings is 1. The second-order valence-electron chi connectivity index (χ2n) is 8.65. The molecule has 1 saturated heterocycles. The van der Waals surface area contributed by atoms with Crippen molar-refractivity contribution in [2.24, 2.45) is 5.92 Å². The summed E-state index contributed by atoms with van der Waals surface area (Å²) in [5.74, 6) is 0.587. The number of rotatable bonds is 8. The van der Waals surface area contributed by atoms with E-state index in [1.54, 1.807) is 24.1 Å². The Kier molecular flexibility index (Phi) is 6.87. The van der Waals surface area contributed by atoms with E-state index in [0.717, 1.165) is 37.2 Å². The van der Waals surface area contributed by atoms with Gasteiger partial charge in [0.25, 0.3) is 5.91 Å². The molecule has 8 nitrogen and oxygen atoms in total. The maximum Gasteiger partial charge on any atom is 0.255 e. The van der Waals surface area contributed by atoms with Crippen molar-refractivity contribution >= 4 is 17.7 Å². The Hall–Kier alpha value is -2.45. The average molecular weight is 430 g/mol. The lowest BCUT2D eigenvalue weighted by Gasteiger charge is -2.29. The largest absolute Gasteiger partial charge is 0.492 e. The van der Waals surface area contributed by atoms with E-state index in [2.05, 4.69) is 10.6 Å². The van der Waals surface area contributed by atoms with Crippen molar-refractivity contribution in [3.8, 4) is 5.75 Å². The number of imide groups is 1. The summed E-state index contributed by atoms with van der Waals surface area (Å²) in [4.78, 5) is 37.8. The van der Waals surface area contributed by atoms with Gasteiger partial charge >= 0.3 is 0 Å². The molecule has 1 atom stereocenters. The fraction of sp³-hybridized carbons (Fsp3) is 0.609. The maximum absolute atomic E-state index is 12.7. The van der Waals surface area contributed by atoms with Crippen molar-refractivity contribution in [1.29, 1.82) is 0 Å². The van der Waals surface area contributed by atoms with Crippen LogP contribution < -0.4 is 15.4 Å². The lowest BCUT2D eigenvalue weighted by atomic mass is 9.87. The molecule has 1 unspecified atom stereocenters. The molecule has 2 N–H and O–H groups in total. The Morgan fingerprint density at radius 1 is 1.13 bits per heavy atom. The van der Waals surface area contributed by atoms with Gasteiger partial charge in [0.15, 0.2) is 0 Å². The van der Waals surface area contributed by atoms with Crippen LogP contribution >= 0.6 is 0 Å². The smallest absolute Gasteiger partial charge is 0.255 e. The monoisotopic (exact) mass is 429 g/mol. The number of nitrogens with zero attached hydrogens (tertiary/aromatic N) is 1. The van der Waals surface area contributed by atoms with Crippen LogP contribution in [0.3, 0.4) is 0 Å². The summed E-state index contributed by atoms with van der Waals surface area (Å²) in [6.07, 6.45) is 5.74. The van der Waals surface area contributed by atoms with E-state index in [1.807, 2.05) is 6.07 Å². The first-order chi connectivity index (χ1) is 15.0. The van der Waals surface area contributed by atoms with Gasteiger partial charge in [-0.05, 0) is 68.3 Å². The minimum Gasteiger partial charge on any atom is -0.492 e. The number of ether oxygens (including phenoxy) is 2. The second-order valence-corrected chi connectivity index (χ2v) is 8.65. The number of amides is 3. The number of benzene rings is 1. The number of methoxy groups -OCH3 is 1.